The number of aliphatic hydroxyl groups is 1. The summed E-state index contributed by atoms with van der Waals surface area (Å²) in [5.74, 6) is 1.97. The smallest absolute Gasteiger partial charge is 0.228 e. The number of aromatic nitrogens is 2. The van der Waals surface area contributed by atoms with Gasteiger partial charge < -0.3 is 20.3 Å². The number of nitrogens with zero attached hydrogens (tertiary/aromatic N) is 2. The zero-order valence-electron chi connectivity index (χ0n) is 12.3. The number of methoxy groups -OCH3 is 1. The van der Waals surface area contributed by atoms with E-state index in [9.17, 15) is 0 Å². The molecule has 6 heteroatoms. The van der Waals surface area contributed by atoms with E-state index in [2.05, 4.69) is 9.97 Å². The summed E-state index contributed by atoms with van der Waals surface area (Å²) in [5, 5.41) is 9.16. The average Bonchev–Trinajstić information content (AvgIpc) is 2.47. The van der Waals surface area contributed by atoms with Crippen LogP contribution < -0.4 is 15.2 Å². The molecule has 112 valence electrons. The maximum Gasteiger partial charge on any atom is 0.228 e. The molecule has 2 rings (SSSR count). The van der Waals surface area contributed by atoms with Gasteiger partial charge in [0.2, 0.25) is 5.88 Å². The van der Waals surface area contributed by atoms with Gasteiger partial charge in [-0.05, 0) is 23.6 Å². The molecule has 0 amide bonds. The molecule has 0 bridgehead atoms. The van der Waals surface area contributed by atoms with Crippen LogP contribution in [0.2, 0.25) is 0 Å². The highest BCUT2D eigenvalue weighted by molar-refractivity contribution is 5.50. The van der Waals surface area contributed by atoms with E-state index in [0.29, 0.717) is 23.2 Å². The SMILES string of the molecule is COc1cc(CO)ccc1Oc1ncnc(N)c1C(C)C. The van der Waals surface area contributed by atoms with E-state index < -0.39 is 0 Å². The van der Waals surface area contributed by atoms with Crippen molar-refractivity contribution in [3.05, 3.63) is 35.7 Å². The third-order valence-corrected chi connectivity index (χ3v) is 3.07. The number of anilines is 1. The molecule has 3 N–H and O–H groups in total. The van der Waals surface area contributed by atoms with Gasteiger partial charge in [0, 0.05) is 0 Å². The number of nitrogens with two attached hydrogens (primary N) is 1. The van der Waals surface area contributed by atoms with Gasteiger partial charge in [-0.3, -0.25) is 0 Å². The highest BCUT2D eigenvalue weighted by Gasteiger charge is 2.16. The van der Waals surface area contributed by atoms with Crippen LogP contribution in [0.15, 0.2) is 24.5 Å². The lowest BCUT2D eigenvalue weighted by molar-refractivity contribution is 0.280. The predicted molar refractivity (Wildman–Crippen MR) is 79.5 cm³/mol. The summed E-state index contributed by atoms with van der Waals surface area (Å²) in [6.07, 6.45) is 1.37. The summed E-state index contributed by atoms with van der Waals surface area (Å²) in [6.45, 7) is 3.93. The Labute approximate surface area is 123 Å². The number of hydrogen-bond acceptors (Lipinski definition) is 6. The van der Waals surface area contributed by atoms with Crippen LogP contribution in [0.25, 0.3) is 0 Å². The van der Waals surface area contributed by atoms with E-state index in [-0.39, 0.29) is 12.5 Å². The first-order valence-electron chi connectivity index (χ1n) is 6.62. The third-order valence-electron chi connectivity index (χ3n) is 3.07. The summed E-state index contributed by atoms with van der Waals surface area (Å²) >= 11 is 0. The lowest BCUT2D eigenvalue weighted by atomic mass is 10.1. The van der Waals surface area contributed by atoms with Gasteiger partial charge in [-0.15, -0.1) is 0 Å². The molecule has 0 atom stereocenters. The topological polar surface area (TPSA) is 90.5 Å². The molecule has 0 unspecified atom stereocenters. The van der Waals surface area contributed by atoms with E-state index in [4.69, 9.17) is 20.3 Å². The molecule has 1 aromatic carbocycles. The molecule has 0 spiro atoms. The van der Waals surface area contributed by atoms with Crippen LogP contribution in [0.1, 0.15) is 30.9 Å². The molecule has 0 aliphatic rings. The number of benzene rings is 1. The second kappa shape index (κ2) is 6.41. The van der Waals surface area contributed by atoms with Gasteiger partial charge in [0.1, 0.15) is 12.1 Å². The van der Waals surface area contributed by atoms with Crippen molar-refractivity contribution in [3.8, 4) is 17.4 Å². The molecule has 0 aliphatic heterocycles. The third kappa shape index (κ3) is 3.22. The van der Waals surface area contributed by atoms with Gasteiger partial charge in [-0.2, -0.15) is 0 Å². The normalized spacial score (nSPS) is 10.7. The van der Waals surface area contributed by atoms with E-state index in [0.717, 1.165) is 11.1 Å². The minimum absolute atomic E-state index is 0.0612. The van der Waals surface area contributed by atoms with Crippen LogP contribution >= 0.6 is 0 Å². The highest BCUT2D eigenvalue weighted by atomic mass is 16.5. The van der Waals surface area contributed by atoms with Gasteiger partial charge in [0.15, 0.2) is 11.5 Å². The molecule has 0 saturated carbocycles. The molecule has 2 aromatic rings. The van der Waals surface area contributed by atoms with Crippen LogP contribution in [-0.2, 0) is 6.61 Å². The van der Waals surface area contributed by atoms with E-state index >= 15 is 0 Å². The number of rotatable bonds is 5. The van der Waals surface area contributed by atoms with Crippen molar-refractivity contribution in [1.29, 1.82) is 0 Å². The van der Waals surface area contributed by atoms with Crippen molar-refractivity contribution in [2.75, 3.05) is 12.8 Å². The summed E-state index contributed by atoms with van der Waals surface area (Å²) in [6, 6.07) is 5.21. The minimum atomic E-state index is -0.0612. The fourth-order valence-electron chi connectivity index (χ4n) is 2.02. The molecule has 21 heavy (non-hydrogen) atoms. The van der Waals surface area contributed by atoms with Crippen LogP contribution in [0, 0.1) is 0 Å². The number of nitrogen functional groups attached to an aromatic ring is 1. The van der Waals surface area contributed by atoms with Gasteiger partial charge in [0.05, 0.1) is 19.3 Å². The number of hydrogen-bond donors (Lipinski definition) is 2. The Morgan fingerprint density at radius 1 is 1.24 bits per heavy atom. The molecule has 0 aliphatic carbocycles. The van der Waals surface area contributed by atoms with Crippen LogP contribution in [0.5, 0.6) is 17.4 Å². The van der Waals surface area contributed by atoms with Crippen molar-refractivity contribution in [2.24, 2.45) is 0 Å². The van der Waals surface area contributed by atoms with Gasteiger partial charge >= 0.3 is 0 Å². The van der Waals surface area contributed by atoms with Gasteiger partial charge in [-0.1, -0.05) is 19.9 Å². The lowest BCUT2D eigenvalue weighted by Crippen LogP contribution is -2.04. The zero-order chi connectivity index (χ0) is 15.4. The lowest BCUT2D eigenvalue weighted by Gasteiger charge is -2.15. The molecule has 1 heterocycles. The summed E-state index contributed by atoms with van der Waals surface area (Å²) in [7, 11) is 1.54. The first-order valence-corrected chi connectivity index (χ1v) is 6.62. The molecule has 0 saturated heterocycles. The Balaban J connectivity index is 2.41. The number of aliphatic hydroxyl groups excluding tert-OH is 1. The first kappa shape index (κ1) is 15.1. The molecule has 0 fully saturated rings. The van der Waals surface area contributed by atoms with Crippen LogP contribution in [0.4, 0.5) is 5.82 Å². The van der Waals surface area contributed by atoms with E-state index in [1.165, 1.54) is 6.33 Å². The van der Waals surface area contributed by atoms with Gasteiger partial charge in [-0.25, -0.2) is 9.97 Å². The van der Waals surface area contributed by atoms with E-state index in [1.54, 1.807) is 25.3 Å². The molecule has 6 nitrogen and oxygen atoms in total. The first-order chi connectivity index (χ1) is 10.1. The Kier molecular flexibility index (Phi) is 4.59. The molecule has 0 radical (unpaired) electrons. The second-order valence-electron chi connectivity index (χ2n) is 4.88. The van der Waals surface area contributed by atoms with E-state index in [1.807, 2.05) is 13.8 Å². The van der Waals surface area contributed by atoms with Crippen molar-refractivity contribution in [3.63, 3.8) is 0 Å². The minimum Gasteiger partial charge on any atom is -0.493 e. The van der Waals surface area contributed by atoms with Crippen molar-refractivity contribution in [1.82, 2.24) is 9.97 Å². The second-order valence-corrected chi connectivity index (χ2v) is 4.88. The van der Waals surface area contributed by atoms with Gasteiger partial charge in [0.25, 0.3) is 0 Å². The summed E-state index contributed by atoms with van der Waals surface area (Å²) < 4.78 is 11.1. The molecular weight excluding hydrogens is 270 g/mol. The van der Waals surface area contributed by atoms with Crippen molar-refractivity contribution >= 4 is 5.82 Å². The van der Waals surface area contributed by atoms with Crippen LogP contribution in [-0.4, -0.2) is 22.2 Å². The quantitative estimate of drug-likeness (QED) is 0.878. The summed E-state index contributed by atoms with van der Waals surface area (Å²) in [4.78, 5) is 8.15. The van der Waals surface area contributed by atoms with Crippen molar-refractivity contribution in [2.45, 2.75) is 26.4 Å². The fraction of sp³-hybridized carbons (Fsp3) is 0.333. The Morgan fingerprint density at radius 3 is 2.62 bits per heavy atom. The molecule has 1 aromatic heterocycles. The Morgan fingerprint density at radius 2 is 2.00 bits per heavy atom. The highest BCUT2D eigenvalue weighted by Crippen LogP contribution is 2.36. The monoisotopic (exact) mass is 289 g/mol. The molecular formula is C15H19N3O3. The number of ether oxygens (including phenoxy) is 2. The standard InChI is InChI=1S/C15H19N3O3/c1-9(2)13-14(16)17-8-18-15(13)21-11-5-4-10(7-19)6-12(11)20-3/h4-6,8-9,19H,7H2,1-3H3,(H2,16,17,18). The van der Waals surface area contributed by atoms with Crippen molar-refractivity contribution < 1.29 is 14.6 Å². The Hall–Kier alpha value is -2.34. The fourth-order valence-corrected chi connectivity index (χ4v) is 2.02. The zero-order valence-corrected chi connectivity index (χ0v) is 12.3. The Bertz CT molecular complexity index is 630. The summed E-state index contributed by atoms with van der Waals surface area (Å²) in [5.41, 5.74) is 7.39. The largest absolute Gasteiger partial charge is 0.493 e. The maximum atomic E-state index is 9.16. The average molecular weight is 289 g/mol. The van der Waals surface area contributed by atoms with Crippen LogP contribution in [0.3, 0.4) is 0 Å². The predicted octanol–water partition coefficient (Wildman–Crippen LogP) is 2.48. The maximum absolute atomic E-state index is 9.16.